The number of imidazole rings is 1. The Morgan fingerprint density at radius 1 is 1.05 bits per heavy atom. The van der Waals surface area contributed by atoms with Crippen LogP contribution in [0.1, 0.15) is 28.6 Å². The van der Waals surface area contributed by atoms with E-state index in [4.69, 9.17) is 17.6 Å². The van der Waals surface area contributed by atoms with Crippen molar-refractivity contribution in [1.29, 1.82) is 0 Å². The van der Waals surface area contributed by atoms with Crippen molar-refractivity contribution < 1.29 is 0 Å². The van der Waals surface area contributed by atoms with Crippen LogP contribution >= 0.6 is 12.6 Å². The molecule has 106 valence electrons. The first kappa shape index (κ1) is 13.0. The molecule has 2 aromatic carbocycles. The third-order valence-electron chi connectivity index (χ3n) is 4.34. The first-order valence-corrected chi connectivity index (χ1v) is 8.04. The van der Waals surface area contributed by atoms with Gasteiger partial charge < -0.3 is 4.57 Å². The van der Waals surface area contributed by atoms with Gasteiger partial charge in [0.1, 0.15) is 5.82 Å². The van der Waals surface area contributed by atoms with Crippen molar-refractivity contribution in [3.05, 3.63) is 65.5 Å². The molecule has 0 amide bonds. The molecule has 21 heavy (non-hydrogen) atoms. The highest BCUT2D eigenvalue weighted by Crippen LogP contribution is 2.36. The molecule has 4 rings (SSSR count). The van der Waals surface area contributed by atoms with Gasteiger partial charge in [0.2, 0.25) is 0 Å². The van der Waals surface area contributed by atoms with Gasteiger partial charge in [-0.3, -0.25) is 0 Å². The molecule has 1 atom stereocenters. The van der Waals surface area contributed by atoms with Crippen LogP contribution in [0, 0.1) is 0 Å². The Balaban J connectivity index is 1.71. The van der Waals surface area contributed by atoms with Gasteiger partial charge in [0.15, 0.2) is 0 Å². The lowest BCUT2D eigenvalue weighted by Gasteiger charge is -2.21. The maximum Gasteiger partial charge on any atom is 0.110 e. The summed E-state index contributed by atoms with van der Waals surface area (Å²) in [5, 5.41) is 0.347. The van der Waals surface area contributed by atoms with Crippen LogP contribution in [0.5, 0.6) is 0 Å². The van der Waals surface area contributed by atoms with Crippen LogP contribution < -0.4 is 0 Å². The molecular formula is C18H18N2S. The molecule has 0 radical (unpaired) electrons. The minimum atomic E-state index is 0.347. The van der Waals surface area contributed by atoms with Crippen LogP contribution in [0.25, 0.3) is 11.0 Å². The van der Waals surface area contributed by atoms with Gasteiger partial charge in [0.05, 0.1) is 11.0 Å². The number of benzene rings is 2. The van der Waals surface area contributed by atoms with Crippen molar-refractivity contribution in [2.75, 3.05) is 0 Å². The zero-order valence-corrected chi connectivity index (χ0v) is 12.8. The summed E-state index contributed by atoms with van der Waals surface area (Å²) in [6.45, 7) is 1.03. The lowest BCUT2D eigenvalue weighted by Crippen LogP contribution is -2.12. The van der Waals surface area contributed by atoms with Crippen molar-refractivity contribution in [3.63, 3.8) is 0 Å². The monoisotopic (exact) mass is 294 g/mol. The number of aromatic nitrogens is 2. The maximum atomic E-state index is 4.86. The maximum absolute atomic E-state index is 4.86. The number of nitrogens with zero attached hydrogens (tertiary/aromatic N) is 2. The first-order chi connectivity index (χ1) is 10.3. The van der Waals surface area contributed by atoms with Gasteiger partial charge in [-0.25, -0.2) is 4.98 Å². The number of rotatable bonds is 3. The number of para-hydroxylation sites is 1. The summed E-state index contributed by atoms with van der Waals surface area (Å²) in [6.07, 6.45) is 3.13. The highest BCUT2D eigenvalue weighted by Gasteiger charge is 2.22. The molecule has 0 saturated heterocycles. The predicted octanol–water partition coefficient (Wildman–Crippen LogP) is 4.20. The SMILES string of the molecule is SC1CCn2c(CCc3ccccc3)nc3cccc1c32. The Morgan fingerprint density at radius 3 is 2.76 bits per heavy atom. The minimum Gasteiger partial charge on any atom is -0.328 e. The summed E-state index contributed by atoms with van der Waals surface area (Å²) >= 11 is 4.72. The van der Waals surface area contributed by atoms with Gasteiger partial charge in [-0.1, -0.05) is 42.5 Å². The lowest BCUT2D eigenvalue weighted by atomic mass is 10.0. The van der Waals surface area contributed by atoms with Crippen molar-refractivity contribution in [2.45, 2.75) is 31.1 Å². The smallest absolute Gasteiger partial charge is 0.110 e. The van der Waals surface area contributed by atoms with Crippen LogP contribution in [0.2, 0.25) is 0 Å². The van der Waals surface area contributed by atoms with Gasteiger partial charge in [-0.05, 0) is 30.0 Å². The van der Waals surface area contributed by atoms with Crippen LogP contribution in [0.4, 0.5) is 0 Å². The second-order valence-corrected chi connectivity index (χ2v) is 6.31. The molecule has 2 heterocycles. The van der Waals surface area contributed by atoms with Crippen LogP contribution in [-0.2, 0) is 19.4 Å². The summed E-state index contributed by atoms with van der Waals surface area (Å²) in [7, 11) is 0. The Bertz CT molecular complexity index is 777. The van der Waals surface area contributed by atoms with Crippen molar-refractivity contribution >= 4 is 23.7 Å². The quantitative estimate of drug-likeness (QED) is 0.717. The van der Waals surface area contributed by atoms with E-state index in [1.54, 1.807) is 0 Å². The molecule has 1 aliphatic heterocycles. The number of hydrogen-bond donors (Lipinski definition) is 1. The summed E-state index contributed by atoms with van der Waals surface area (Å²) in [5.41, 5.74) is 5.13. The molecule has 0 N–H and O–H groups in total. The van der Waals surface area contributed by atoms with E-state index in [1.807, 2.05) is 0 Å². The van der Waals surface area contributed by atoms with E-state index in [2.05, 4.69) is 53.1 Å². The molecule has 3 aromatic rings. The van der Waals surface area contributed by atoms with Crippen LogP contribution in [0.3, 0.4) is 0 Å². The van der Waals surface area contributed by atoms with Gasteiger partial charge >= 0.3 is 0 Å². The fourth-order valence-corrected chi connectivity index (χ4v) is 3.59. The van der Waals surface area contributed by atoms with Crippen molar-refractivity contribution in [1.82, 2.24) is 9.55 Å². The molecular weight excluding hydrogens is 276 g/mol. The summed E-state index contributed by atoms with van der Waals surface area (Å²) in [4.78, 5) is 4.86. The zero-order valence-electron chi connectivity index (χ0n) is 11.9. The number of thiol groups is 1. The molecule has 0 aliphatic carbocycles. The van der Waals surface area contributed by atoms with Crippen LogP contribution in [0.15, 0.2) is 48.5 Å². The largest absolute Gasteiger partial charge is 0.328 e. The molecule has 0 saturated carbocycles. The Morgan fingerprint density at radius 2 is 1.90 bits per heavy atom. The van der Waals surface area contributed by atoms with Crippen molar-refractivity contribution in [3.8, 4) is 0 Å². The second kappa shape index (κ2) is 5.23. The highest BCUT2D eigenvalue weighted by atomic mass is 32.1. The van der Waals surface area contributed by atoms with E-state index in [-0.39, 0.29) is 0 Å². The zero-order chi connectivity index (χ0) is 14.2. The molecule has 0 bridgehead atoms. The third kappa shape index (κ3) is 2.26. The number of aryl methyl sites for hydroxylation is 3. The van der Waals surface area contributed by atoms with Gasteiger partial charge in [0.25, 0.3) is 0 Å². The predicted molar refractivity (Wildman–Crippen MR) is 89.9 cm³/mol. The average molecular weight is 294 g/mol. The van der Waals surface area contributed by atoms with E-state index in [9.17, 15) is 0 Å². The molecule has 0 fully saturated rings. The molecule has 1 aromatic heterocycles. The van der Waals surface area contributed by atoms with Gasteiger partial charge in [-0.2, -0.15) is 12.6 Å². The Kier molecular flexibility index (Phi) is 3.23. The van der Waals surface area contributed by atoms with E-state index < -0.39 is 0 Å². The van der Waals surface area contributed by atoms with Gasteiger partial charge in [-0.15, -0.1) is 0 Å². The van der Waals surface area contributed by atoms with Crippen LogP contribution in [-0.4, -0.2) is 9.55 Å². The summed E-state index contributed by atoms with van der Waals surface area (Å²) in [6, 6.07) is 17.1. The molecule has 0 spiro atoms. The first-order valence-electron chi connectivity index (χ1n) is 7.53. The molecule has 1 aliphatic rings. The Hall–Kier alpha value is -1.74. The van der Waals surface area contributed by atoms with E-state index >= 15 is 0 Å². The highest BCUT2D eigenvalue weighted by molar-refractivity contribution is 7.80. The van der Waals surface area contributed by atoms with E-state index in [0.717, 1.165) is 31.3 Å². The summed E-state index contributed by atoms with van der Waals surface area (Å²) < 4.78 is 2.40. The topological polar surface area (TPSA) is 17.8 Å². The van der Waals surface area contributed by atoms with Crippen molar-refractivity contribution in [2.24, 2.45) is 0 Å². The average Bonchev–Trinajstić information content (AvgIpc) is 2.89. The summed E-state index contributed by atoms with van der Waals surface area (Å²) in [5.74, 6) is 1.21. The second-order valence-electron chi connectivity index (χ2n) is 5.68. The fraction of sp³-hybridized carbons (Fsp3) is 0.278. The molecule has 1 unspecified atom stereocenters. The normalized spacial score (nSPS) is 17.3. The van der Waals surface area contributed by atoms with Gasteiger partial charge in [0, 0.05) is 18.2 Å². The molecule has 3 heteroatoms. The minimum absolute atomic E-state index is 0.347. The van der Waals surface area contributed by atoms with E-state index in [1.165, 1.54) is 22.5 Å². The fourth-order valence-electron chi connectivity index (χ4n) is 3.27. The lowest BCUT2D eigenvalue weighted by molar-refractivity contribution is 0.595. The third-order valence-corrected chi connectivity index (χ3v) is 4.88. The molecule has 2 nitrogen and oxygen atoms in total. The van der Waals surface area contributed by atoms with E-state index in [0.29, 0.717) is 5.25 Å². The standard InChI is InChI=1S/C18H18N2S/c21-16-11-12-20-17(10-9-13-5-2-1-3-6-13)19-15-8-4-7-14(16)18(15)20/h1-8,16,21H,9-12H2. The number of hydrogen-bond acceptors (Lipinski definition) is 2. The Labute approximate surface area is 130 Å².